The van der Waals surface area contributed by atoms with Gasteiger partial charge in [-0.2, -0.15) is 0 Å². The lowest BCUT2D eigenvalue weighted by Gasteiger charge is -2.10. The van der Waals surface area contributed by atoms with Crippen LogP contribution in [0.1, 0.15) is 15.9 Å². The van der Waals surface area contributed by atoms with Crippen LogP contribution in [0.4, 0.5) is 0 Å². The zero-order chi connectivity index (χ0) is 22.9. The maximum atomic E-state index is 12.4. The molecule has 0 spiro atoms. The molecule has 0 aliphatic heterocycles. The topological polar surface area (TPSA) is 76.7 Å². The number of carbonyl (C=O) groups excluding carboxylic acids is 2. The minimum atomic E-state index is -0.403. The zero-order valence-electron chi connectivity index (χ0n) is 18.0. The third-order valence-corrected chi connectivity index (χ3v) is 5.03. The van der Waals surface area contributed by atoms with E-state index in [9.17, 15) is 9.59 Å². The summed E-state index contributed by atoms with van der Waals surface area (Å²) in [6.07, 6.45) is 0.166. The van der Waals surface area contributed by atoms with Gasteiger partial charge in [0, 0.05) is 5.56 Å². The Hall–Kier alpha value is -4.32. The highest BCUT2D eigenvalue weighted by Crippen LogP contribution is 2.19. The molecule has 0 aromatic heterocycles. The van der Waals surface area contributed by atoms with Crippen LogP contribution < -0.4 is 20.3 Å². The van der Waals surface area contributed by atoms with E-state index >= 15 is 0 Å². The third kappa shape index (κ3) is 6.11. The molecule has 2 amide bonds. The number of amides is 2. The SMILES string of the molecule is O=C(Cc1cccc2ccccc12)NNC(=O)c1ccc(OCCOc2ccccc2)cc1. The molecule has 6 nitrogen and oxygen atoms in total. The Kier molecular flexibility index (Phi) is 7.18. The van der Waals surface area contributed by atoms with Crippen molar-refractivity contribution in [1.82, 2.24) is 10.9 Å². The van der Waals surface area contributed by atoms with Gasteiger partial charge in [-0.3, -0.25) is 20.4 Å². The molecule has 0 saturated heterocycles. The van der Waals surface area contributed by atoms with Gasteiger partial charge in [-0.05, 0) is 52.7 Å². The summed E-state index contributed by atoms with van der Waals surface area (Å²) in [7, 11) is 0. The second-order valence-corrected chi connectivity index (χ2v) is 7.35. The summed E-state index contributed by atoms with van der Waals surface area (Å²) in [6, 6.07) is 29.9. The predicted molar refractivity (Wildman–Crippen MR) is 127 cm³/mol. The van der Waals surface area contributed by atoms with E-state index in [-0.39, 0.29) is 12.3 Å². The number of carbonyl (C=O) groups is 2. The molecule has 4 aromatic carbocycles. The zero-order valence-corrected chi connectivity index (χ0v) is 18.0. The first-order valence-corrected chi connectivity index (χ1v) is 10.7. The first kappa shape index (κ1) is 21.9. The van der Waals surface area contributed by atoms with Crippen LogP contribution in [0.3, 0.4) is 0 Å². The van der Waals surface area contributed by atoms with Gasteiger partial charge < -0.3 is 9.47 Å². The van der Waals surface area contributed by atoms with Crippen LogP contribution >= 0.6 is 0 Å². The van der Waals surface area contributed by atoms with Gasteiger partial charge in [0.1, 0.15) is 24.7 Å². The molecule has 0 unspecified atom stereocenters. The number of hydrogen-bond donors (Lipinski definition) is 2. The third-order valence-electron chi connectivity index (χ3n) is 5.03. The molecule has 0 heterocycles. The van der Waals surface area contributed by atoms with Crippen molar-refractivity contribution < 1.29 is 19.1 Å². The van der Waals surface area contributed by atoms with Gasteiger partial charge in [0.2, 0.25) is 5.91 Å². The van der Waals surface area contributed by atoms with Crippen molar-refractivity contribution in [2.75, 3.05) is 13.2 Å². The van der Waals surface area contributed by atoms with E-state index in [1.807, 2.05) is 72.8 Å². The molecule has 4 aromatic rings. The Morgan fingerprint density at radius 2 is 1.27 bits per heavy atom. The Bertz CT molecular complexity index is 1220. The van der Waals surface area contributed by atoms with E-state index in [1.54, 1.807) is 24.3 Å². The fraction of sp³-hybridized carbons (Fsp3) is 0.111. The van der Waals surface area contributed by atoms with Crippen LogP contribution in [0.5, 0.6) is 11.5 Å². The van der Waals surface area contributed by atoms with Crippen molar-refractivity contribution >= 4 is 22.6 Å². The second-order valence-electron chi connectivity index (χ2n) is 7.35. The van der Waals surface area contributed by atoms with Gasteiger partial charge in [-0.25, -0.2) is 0 Å². The molecule has 0 radical (unpaired) electrons. The maximum Gasteiger partial charge on any atom is 0.269 e. The smallest absolute Gasteiger partial charge is 0.269 e. The normalized spacial score (nSPS) is 10.4. The fourth-order valence-electron chi connectivity index (χ4n) is 3.40. The van der Waals surface area contributed by atoms with Crippen LogP contribution in [0, 0.1) is 0 Å². The minimum Gasteiger partial charge on any atom is -0.490 e. The molecular weight excluding hydrogens is 416 g/mol. The van der Waals surface area contributed by atoms with Crippen molar-refractivity contribution in [3.63, 3.8) is 0 Å². The van der Waals surface area contributed by atoms with Crippen molar-refractivity contribution in [2.45, 2.75) is 6.42 Å². The number of benzene rings is 4. The lowest BCUT2D eigenvalue weighted by molar-refractivity contribution is -0.121. The Morgan fingerprint density at radius 3 is 2.03 bits per heavy atom. The highest BCUT2D eigenvalue weighted by molar-refractivity contribution is 5.96. The maximum absolute atomic E-state index is 12.4. The van der Waals surface area contributed by atoms with E-state index in [1.165, 1.54) is 0 Å². The summed E-state index contributed by atoms with van der Waals surface area (Å²) >= 11 is 0. The lowest BCUT2D eigenvalue weighted by Crippen LogP contribution is -2.42. The summed E-state index contributed by atoms with van der Waals surface area (Å²) in [5.74, 6) is 0.720. The molecule has 0 bridgehead atoms. The number of hydrazine groups is 1. The Morgan fingerprint density at radius 1 is 0.636 bits per heavy atom. The summed E-state index contributed by atoms with van der Waals surface area (Å²) in [5.41, 5.74) is 6.25. The molecule has 0 saturated carbocycles. The first-order valence-electron chi connectivity index (χ1n) is 10.7. The van der Waals surface area contributed by atoms with Crippen LogP contribution in [-0.4, -0.2) is 25.0 Å². The number of ether oxygens (including phenoxy) is 2. The number of nitrogens with one attached hydrogen (secondary N) is 2. The van der Waals surface area contributed by atoms with Gasteiger partial charge in [0.05, 0.1) is 6.42 Å². The molecule has 4 rings (SSSR count). The molecule has 0 fully saturated rings. The quantitative estimate of drug-likeness (QED) is 0.316. The monoisotopic (exact) mass is 440 g/mol. The molecule has 0 aliphatic rings. The molecule has 6 heteroatoms. The van der Waals surface area contributed by atoms with Crippen molar-refractivity contribution in [1.29, 1.82) is 0 Å². The largest absolute Gasteiger partial charge is 0.490 e. The first-order chi connectivity index (χ1) is 16.2. The Balaban J connectivity index is 1.22. The number of fused-ring (bicyclic) bond motifs is 1. The number of hydrogen-bond acceptors (Lipinski definition) is 4. The number of rotatable bonds is 8. The molecule has 0 aliphatic carbocycles. The van der Waals surface area contributed by atoms with Crippen LogP contribution in [-0.2, 0) is 11.2 Å². The van der Waals surface area contributed by atoms with Gasteiger partial charge >= 0.3 is 0 Å². The number of para-hydroxylation sites is 1. The van der Waals surface area contributed by atoms with Crippen LogP contribution in [0.15, 0.2) is 97.1 Å². The molecule has 33 heavy (non-hydrogen) atoms. The second kappa shape index (κ2) is 10.8. The van der Waals surface area contributed by atoms with Gasteiger partial charge in [0.25, 0.3) is 5.91 Å². The minimum absolute atomic E-state index is 0.166. The lowest BCUT2D eigenvalue weighted by atomic mass is 10.0. The predicted octanol–water partition coefficient (Wildman–Crippen LogP) is 4.30. The average molecular weight is 440 g/mol. The Labute approximate surface area is 192 Å². The van der Waals surface area contributed by atoms with Crippen LogP contribution in [0.2, 0.25) is 0 Å². The van der Waals surface area contributed by atoms with Crippen molar-refractivity contribution in [2.24, 2.45) is 0 Å². The molecule has 0 atom stereocenters. The standard InChI is InChI=1S/C27H24N2O4/c30-26(19-22-9-6-8-20-7-4-5-12-25(20)22)28-29-27(31)21-13-15-24(16-14-21)33-18-17-32-23-10-2-1-3-11-23/h1-16H,17-19H2,(H,28,30)(H,29,31). The van der Waals surface area contributed by atoms with Gasteiger partial charge in [-0.15, -0.1) is 0 Å². The van der Waals surface area contributed by atoms with Gasteiger partial charge in [0.15, 0.2) is 0 Å². The molecular formula is C27H24N2O4. The average Bonchev–Trinajstić information content (AvgIpc) is 2.86. The summed E-state index contributed by atoms with van der Waals surface area (Å²) in [4.78, 5) is 24.7. The summed E-state index contributed by atoms with van der Waals surface area (Å²) < 4.78 is 11.2. The van der Waals surface area contributed by atoms with Gasteiger partial charge in [-0.1, -0.05) is 60.7 Å². The van der Waals surface area contributed by atoms with E-state index in [2.05, 4.69) is 10.9 Å². The molecule has 2 N–H and O–H groups in total. The fourth-order valence-corrected chi connectivity index (χ4v) is 3.40. The van der Waals surface area contributed by atoms with Crippen molar-refractivity contribution in [3.8, 4) is 11.5 Å². The van der Waals surface area contributed by atoms with E-state index < -0.39 is 5.91 Å². The highest BCUT2D eigenvalue weighted by Gasteiger charge is 2.10. The van der Waals surface area contributed by atoms with E-state index in [0.29, 0.717) is 24.5 Å². The van der Waals surface area contributed by atoms with E-state index in [0.717, 1.165) is 22.1 Å². The summed E-state index contributed by atoms with van der Waals surface area (Å²) in [6.45, 7) is 0.791. The van der Waals surface area contributed by atoms with Crippen LogP contribution in [0.25, 0.3) is 10.8 Å². The summed E-state index contributed by atoms with van der Waals surface area (Å²) in [5, 5.41) is 2.09. The van der Waals surface area contributed by atoms with E-state index in [4.69, 9.17) is 9.47 Å². The molecule has 166 valence electrons. The van der Waals surface area contributed by atoms with Crippen molar-refractivity contribution in [3.05, 3.63) is 108 Å². The highest BCUT2D eigenvalue weighted by atomic mass is 16.5.